The fraction of sp³-hybridized carbons (Fsp3) is 0.174. The van der Waals surface area contributed by atoms with Crippen LogP contribution in [0.4, 0.5) is 33.9 Å². The summed E-state index contributed by atoms with van der Waals surface area (Å²) in [5.41, 5.74) is 2.63. The van der Waals surface area contributed by atoms with Crippen molar-refractivity contribution in [3.63, 3.8) is 0 Å². The van der Waals surface area contributed by atoms with E-state index in [0.29, 0.717) is 30.2 Å². The van der Waals surface area contributed by atoms with E-state index in [-0.39, 0.29) is 17.3 Å². The molecule has 9 nitrogen and oxygen atoms in total. The second-order valence-electron chi connectivity index (χ2n) is 7.14. The first-order chi connectivity index (χ1) is 17.5. The number of amides is 2. The van der Waals surface area contributed by atoms with Crippen LogP contribution in [0.5, 0.6) is 0 Å². The van der Waals surface area contributed by atoms with Crippen molar-refractivity contribution >= 4 is 35.1 Å². The third kappa shape index (κ3) is 10.5. The molecular formula is C23H19ClF4N6O3. The molecule has 0 aliphatic rings. The fourth-order valence-corrected chi connectivity index (χ4v) is 2.89. The van der Waals surface area contributed by atoms with Gasteiger partial charge in [-0.05, 0) is 48.4 Å². The van der Waals surface area contributed by atoms with Gasteiger partial charge in [-0.25, -0.2) is 23.9 Å². The number of nitrogens with one attached hydrogen (secondary N) is 3. The third-order valence-corrected chi connectivity index (χ3v) is 4.73. The lowest BCUT2D eigenvalue weighted by Gasteiger charge is -2.10. The number of hydrogen-bond acceptors (Lipinski definition) is 6. The fourth-order valence-electron chi connectivity index (χ4n) is 2.61. The van der Waals surface area contributed by atoms with Crippen LogP contribution in [0.1, 0.15) is 16.8 Å². The number of aliphatic carboxylic acids is 1. The maximum absolute atomic E-state index is 12.9. The summed E-state index contributed by atoms with van der Waals surface area (Å²) in [6.45, 7) is 1.33. The Balaban J connectivity index is 0.000000604. The molecule has 0 atom stereocenters. The number of aromatic nitrogens is 2. The first-order valence-corrected chi connectivity index (χ1v) is 10.7. The Labute approximate surface area is 213 Å². The Morgan fingerprint density at radius 1 is 1.05 bits per heavy atom. The lowest BCUT2D eigenvalue weighted by atomic mass is 10.1. The normalized spacial score (nSPS) is 10.5. The Bertz CT molecular complexity index is 1250. The molecule has 0 radical (unpaired) electrons. The largest absolute Gasteiger partial charge is 0.490 e. The number of halogens is 5. The van der Waals surface area contributed by atoms with Crippen molar-refractivity contribution in [3.8, 4) is 6.07 Å². The highest BCUT2D eigenvalue weighted by Gasteiger charge is 2.38. The number of carbonyl (C=O) groups is 2. The van der Waals surface area contributed by atoms with Crippen LogP contribution >= 0.6 is 11.6 Å². The van der Waals surface area contributed by atoms with E-state index in [9.17, 15) is 22.4 Å². The predicted molar refractivity (Wildman–Crippen MR) is 126 cm³/mol. The molecule has 0 aliphatic carbocycles. The summed E-state index contributed by atoms with van der Waals surface area (Å²) in [7, 11) is 0. The van der Waals surface area contributed by atoms with E-state index in [1.807, 2.05) is 12.1 Å². The molecule has 1 aromatic heterocycles. The van der Waals surface area contributed by atoms with E-state index >= 15 is 0 Å². The van der Waals surface area contributed by atoms with Crippen molar-refractivity contribution in [3.05, 3.63) is 82.5 Å². The standard InChI is InChI=1S/C21H18ClFN6O.C2HF3O2/c22-19-9-17(28-21(30)29-20-13-26-18(10-24)12-27-20)6-3-15(19)7-8-25-11-14-1-4-16(23)5-2-14;3-2(4,5)1(6)7/h1-6,9,12-13,25H,7-8,11H2,(H2,27,28,29,30);(H,6,7). The van der Waals surface area contributed by atoms with Gasteiger partial charge in [0.1, 0.15) is 11.9 Å². The topological polar surface area (TPSA) is 140 Å². The molecule has 0 bridgehead atoms. The monoisotopic (exact) mass is 538 g/mol. The minimum atomic E-state index is -5.08. The highest BCUT2D eigenvalue weighted by atomic mass is 35.5. The summed E-state index contributed by atoms with van der Waals surface area (Å²) < 4.78 is 44.6. The van der Waals surface area contributed by atoms with Crippen molar-refractivity contribution in [2.45, 2.75) is 19.1 Å². The van der Waals surface area contributed by atoms with Crippen LogP contribution in [0.2, 0.25) is 5.02 Å². The quantitative estimate of drug-likeness (QED) is 0.251. The van der Waals surface area contributed by atoms with E-state index in [2.05, 4.69) is 25.9 Å². The van der Waals surface area contributed by atoms with Crippen molar-refractivity contribution in [2.24, 2.45) is 0 Å². The molecule has 0 saturated carbocycles. The van der Waals surface area contributed by atoms with Gasteiger partial charge >= 0.3 is 18.2 Å². The van der Waals surface area contributed by atoms with Gasteiger partial charge < -0.3 is 15.7 Å². The summed E-state index contributed by atoms with van der Waals surface area (Å²) in [5, 5.41) is 24.8. The van der Waals surface area contributed by atoms with Crippen molar-refractivity contribution < 1.29 is 32.3 Å². The maximum atomic E-state index is 12.9. The molecule has 0 unspecified atom stereocenters. The van der Waals surface area contributed by atoms with Crippen molar-refractivity contribution in [1.82, 2.24) is 15.3 Å². The van der Waals surface area contributed by atoms with Crippen LogP contribution in [0.15, 0.2) is 54.9 Å². The molecule has 4 N–H and O–H groups in total. The summed E-state index contributed by atoms with van der Waals surface area (Å²) in [5.74, 6) is -2.79. The molecule has 0 aliphatic heterocycles. The minimum absolute atomic E-state index is 0.162. The van der Waals surface area contributed by atoms with Gasteiger partial charge in [-0.1, -0.05) is 29.8 Å². The zero-order chi connectivity index (χ0) is 27.4. The van der Waals surface area contributed by atoms with Crippen LogP contribution in [0, 0.1) is 17.1 Å². The molecule has 37 heavy (non-hydrogen) atoms. The van der Waals surface area contributed by atoms with E-state index < -0.39 is 18.2 Å². The van der Waals surface area contributed by atoms with Crippen LogP contribution in [0.3, 0.4) is 0 Å². The van der Waals surface area contributed by atoms with E-state index in [1.54, 1.807) is 24.3 Å². The van der Waals surface area contributed by atoms with Crippen LogP contribution in [0.25, 0.3) is 0 Å². The molecule has 1 heterocycles. The number of anilines is 2. The zero-order valence-corrected chi connectivity index (χ0v) is 19.6. The SMILES string of the molecule is N#Cc1cnc(NC(=O)Nc2ccc(CCNCc3ccc(F)cc3)c(Cl)c2)cn1.O=C(O)C(F)(F)F. The first-order valence-electron chi connectivity index (χ1n) is 10.3. The molecule has 0 saturated heterocycles. The number of carboxylic acids is 1. The van der Waals surface area contributed by atoms with Crippen LogP contribution in [-0.2, 0) is 17.8 Å². The average molecular weight is 539 g/mol. The summed E-state index contributed by atoms with van der Waals surface area (Å²) in [6.07, 6.45) is -1.81. The van der Waals surface area contributed by atoms with Gasteiger partial charge in [0.15, 0.2) is 11.5 Å². The van der Waals surface area contributed by atoms with Gasteiger partial charge in [0.25, 0.3) is 0 Å². The molecule has 0 fully saturated rings. The lowest BCUT2D eigenvalue weighted by Crippen LogP contribution is -2.21. The van der Waals surface area contributed by atoms with Gasteiger partial charge in [-0.15, -0.1) is 0 Å². The Kier molecular flexibility index (Phi) is 10.7. The van der Waals surface area contributed by atoms with E-state index in [0.717, 1.165) is 11.1 Å². The second-order valence-corrected chi connectivity index (χ2v) is 7.55. The van der Waals surface area contributed by atoms with Gasteiger partial charge in [0, 0.05) is 17.3 Å². The number of urea groups is 1. The van der Waals surface area contributed by atoms with E-state index in [1.165, 1.54) is 24.5 Å². The summed E-state index contributed by atoms with van der Waals surface area (Å²) >= 11 is 6.33. The van der Waals surface area contributed by atoms with E-state index in [4.69, 9.17) is 26.8 Å². The number of alkyl halides is 3. The van der Waals surface area contributed by atoms with Gasteiger partial charge in [-0.2, -0.15) is 18.4 Å². The van der Waals surface area contributed by atoms with Crippen molar-refractivity contribution in [2.75, 3.05) is 17.2 Å². The number of rotatable bonds is 7. The summed E-state index contributed by atoms with van der Waals surface area (Å²) in [4.78, 5) is 28.7. The second kappa shape index (κ2) is 13.7. The van der Waals surface area contributed by atoms with Gasteiger partial charge in [0.2, 0.25) is 0 Å². The molecule has 194 valence electrons. The zero-order valence-electron chi connectivity index (χ0n) is 18.8. The van der Waals surface area contributed by atoms with Gasteiger partial charge in [0.05, 0.1) is 12.4 Å². The third-order valence-electron chi connectivity index (χ3n) is 4.37. The van der Waals surface area contributed by atoms with Crippen LogP contribution < -0.4 is 16.0 Å². The molecule has 3 aromatic rings. The Morgan fingerprint density at radius 3 is 2.27 bits per heavy atom. The predicted octanol–water partition coefficient (Wildman–Crippen LogP) is 4.75. The Morgan fingerprint density at radius 2 is 1.73 bits per heavy atom. The molecule has 2 aromatic carbocycles. The van der Waals surface area contributed by atoms with Gasteiger partial charge in [-0.3, -0.25) is 5.32 Å². The number of carbonyl (C=O) groups excluding carboxylic acids is 1. The first kappa shape index (κ1) is 29.0. The average Bonchev–Trinajstić information content (AvgIpc) is 2.84. The number of nitriles is 1. The van der Waals surface area contributed by atoms with Crippen LogP contribution in [-0.4, -0.2) is 39.8 Å². The molecule has 2 amide bonds. The van der Waals surface area contributed by atoms with Crippen molar-refractivity contribution in [1.29, 1.82) is 5.26 Å². The maximum Gasteiger partial charge on any atom is 0.490 e. The molecular weight excluding hydrogens is 520 g/mol. The number of nitrogens with zero attached hydrogens (tertiary/aromatic N) is 3. The molecule has 0 spiro atoms. The smallest absolute Gasteiger partial charge is 0.475 e. The number of carboxylic acid groups (broad SMARTS) is 1. The molecule has 3 rings (SSSR count). The number of hydrogen-bond donors (Lipinski definition) is 4. The molecule has 14 heteroatoms. The Hall–Kier alpha value is -4.28. The minimum Gasteiger partial charge on any atom is -0.475 e. The lowest BCUT2D eigenvalue weighted by molar-refractivity contribution is -0.192. The summed E-state index contributed by atoms with van der Waals surface area (Å²) in [6, 6.07) is 13.0. The highest BCUT2D eigenvalue weighted by molar-refractivity contribution is 6.31. The highest BCUT2D eigenvalue weighted by Crippen LogP contribution is 2.21. The number of benzene rings is 2.